The Kier molecular flexibility index (Phi) is 3.63. The van der Waals surface area contributed by atoms with Crippen LogP contribution >= 0.6 is 0 Å². The van der Waals surface area contributed by atoms with Gasteiger partial charge in [-0.1, -0.05) is 84.9 Å². The third-order valence-corrected chi connectivity index (χ3v) is 5.41. The summed E-state index contributed by atoms with van der Waals surface area (Å²) in [4.78, 5) is 0. The molecule has 5 rings (SSSR count). The van der Waals surface area contributed by atoms with Crippen molar-refractivity contribution in [3.05, 3.63) is 119 Å². The molecule has 0 amide bonds. The van der Waals surface area contributed by atoms with Crippen molar-refractivity contribution >= 4 is 0 Å². The number of para-hydroxylation sites is 2. The maximum atomic E-state index is 10.6. The zero-order chi connectivity index (χ0) is 19.1. The van der Waals surface area contributed by atoms with Gasteiger partial charge in [0.15, 0.2) is 23.0 Å². The van der Waals surface area contributed by atoms with Gasteiger partial charge < -0.3 is 14.9 Å². The molecule has 0 atom stereocenters. The Labute approximate surface area is 163 Å². The number of fused-ring (bicyclic) bond motifs is 2. The Bertz CT molecular complexity index is 1060. The zero-order valence-corrected chi connectivity index (χ0v) is 15.0. The lowest BCUT2D eigenvalue weighted by molar-refractivity contribution is 0.361. The molecular weight excluding hydrogens is 348 g/mol. The van der Waals surface area contributed by atoms with Gasteiger partial charge in [-0.25, -0.2) is 0 Å². The van der Waals surface area contributed by atoms with Crippen LogP contribution in [-0.4, -0.2) is 10.2 Å². The van der Waals surface area contributed by atoms with Gasteiger partial charge in [0, 0.05) is 11.1 Å². The first-order valence-electron chi connectivity index (χ1n) is 9.16. The molecule has 0 saturated carbocycles. The Hall–Kier alpha value is -3.72. The van der Waals surface area contributed by atoms with Crippen LogP contribution < -0.4 is 4.74 Å². The molecule has 1 aliphatic rings. The Morgan fingerprint density at radius 1 is 0.500 bits per heavy atom. The summed E-state index contributed by atoms with van der Waals surface area (Å²) in [7, 11) is 0. The van der Waals surface area contributed by atoms with Crippen LogP contribution in [0, 0.1) is 0 Å². The fraction of sp³-hybridized carbons (Fsp3) is 0.0400. The van der Waals surface area contributed by atoms with E-state index in [1.165, 1.54) is 0 Å². The van der Waals surface area contributed by atoms with E-state index in [1.54, 1.807) is 12.1 Å². The van der Waals surface area contributed by atoms with Gasteiger partial charge in [0.25, 0.3) is 0 Å². The molecule has 0 fully saturated rings. The molecular formula is C25H18O3. The molecule has 0 unspecified atom stereocenters. The predicted molar refractivity (Wildman–Crippen MR) is 108 cm³/mol. The van der Waals surface area contributed by atoms with E-state index < -0.39 is 5.41 Å². The molecule has 28 heavy (non-hydrogen) atoms. The standard InChI is InChI=1S/C25H18O3/c26-21-15-7-13-19-23(21)28-24-20(14-8-16-22(24)27)25(19,17-9-3-1-4-10-17)18-11-5-2-6-12-18/h1-16,26-27H. The van der Waals surface area contributed by atoms with Crippen LogP contribution in [0.4, 0.5) is 0 Å². The lowest BCUT2D eigenvalue weighted by atomic mass is 9.63. The van der Waals surface area contributed by atoms with Crippen LogP contribution in [0.1, 0.15) is 22.3 Å². The van der Waals surface area contributed by atoms with Gasteiger partial charge >= 0.3 is 0 Å². The van der Waals surface area contributed by atoms with E-state index >= 15 is 0 Å². The summed E-state index contributed by atoms with van der Waals surface area (Å²) >= 11 is 0. The highest BCUT2D eigenvalue weighted by molar-refractivity contribution is 5.73. The van der Waals surface area contributed by atoms with E-state index in [2.05, 4.69) is 24.3 Å². The van der Waals surface area contributed by atoms with Crippen molar-refractivity contribution in [2.45, 2.75) is 5.41 Å². The van der Waals surface area contributed by atoms with Crippen molar-refractivity contribution in [3.8, 4) is 23.0 Å². The smallest absolute Gasteiger partial charge is 0.174 e. The highest BCUT2D eigenvalue weighted by atomic mass is 16.5. The number of hydrogen-bond acceptors (Lipinski definition) is 3. The first-order chi connectivity index (χ1) is 13.7. The second-order valence-corrected chi connectivity index (χ2v) is 6.89. The number of phenolic OH excluding ortho intramolecular Hbond substituents is 2. The zero-order valence-electron chi connectivity index (χ0n) is 15.0. The lowest BCUT2D eigenvalue weighted by Crippen LogP contribution is -2.34. The van der Waals surface area contributed by atoms with Gasteiger partial charge in [-0.2, -0.15) is 0 Å². The van der Waals surface area contributed by atoms with E-state index in [9.17, 15) is 10.2 Å². The van der Waals surface area contributed by atoms with Crippen LogP contribution in [0.3, 0.4) is 0 Å². The number of aromatic hydroxyl groups is 2. The quantitative estimate of drug-likeness (QED) is 0.428. The minimum Gasteiger partial charge on any atom is -0.504 e. The minimum atomic E-state index is -0.733. The van der Waals surface area contributed by atoms with E-state index in [4.69, 9.17) is 4.74 Å². The molecule has 0 bridgehead atoms. The van der Waals surface area contributed by atoms with E-state index in [0.29, 0.717) is 11.5 Å². The molecule has 3 nitrogen and oxygen atoms in total. The van der Waals surface area contributed by atoms with Gasteiger partial charge in [0.2, 0.25) is 0 Å². The summed E-state index contributed by atoms with van der Waals surface area (Å²) in [5, 5.41) is 21.2. The van der Waals surface area contributed by atoms with E-state index in [0.717, 1.165) is 22.3 Å². The predicted octanol–water partition coefficient (Wildman–Crippen LogP) is 5.59. The van der Waals surface area contributed by atoms with Crippen molar-refractivity contribution in [2.24, 2.45) is 0 Å². The van der Waals surface area contributed by atoms with Gasteiger partial charge in [0.1, 0.15) is 0 Å². The number of rotatable bonds is 2. The first-order valence-corrected chi connectivity index (χ1v) is 9.16. The van der Waals surface area contributed by atoms with Crippen molar-refractivity contribution in [1.82, 2.24) is 0 Å². The number of phenols is 2. The average Bonchev–Trinajstić information content (AvgIpc) is 2.75. The number of hydrogen-bond donors (Lipinski definition) is 2. The first kappa shape index (κ1) is 16.5. The molecule has 4 aromatic rings. The molecule has 0 saturated heterocycles. The molecule has 0 aromatic heterocycles. The topological polar surface area (TPSA) is 49.7 Å². The third-order valence-electron chi connectivity index (χ3n) is 5.41. The highest BCUT2D eigenvalue weighted by Gasteiger charge is 2.46. The minimum absolute atomic E-state index is 0.0441. The maximum Gasteiger partial charge on any atom is 0.174 e. The summed E-state index contributed by atoms with van der Waals surface area (Å²) < 4.78 is 6.04. The van der Waals surface area contributed by atoms with Crippen molar-refractivity contribution < 1.29 is 14.9 Å². The van der Waals surface area contributed by atoms with Crippen molar-refractivity contribution in [1.29, 1.82) is 0 Å². The van der Waals surface area contributed by atoms with Crippen LogP contribution in [0.2, 0.25) is 0 Å². The average molecular weight is 366 g/mol. The van der Waals surface area contributed by atoms with E-state index in [-0.39, 0.29) is 11.5 Å². The second-order valence-electron chi connectivity index (χ2n) is 6.89. The number of ether oxygens (including phenoxy) is 1. The molecule has 0 radical (unpaired) electrons. The van der Waals surface area contributed by atoms with E-state index in [1.807, 2.05) is 60.7 Å². The Balaban J connectivity index is 2.00. The summed E-state index contributed by atoms with van der Waals surface area (Å²) in [6.45, 7) is 0. The fourth-order valence-corrected chi connectivity index (χ4v) is 4.27. The third kappa shape index (κ3) is 2.16. The Morgan fingerprint density at radius 2 is 0.929 bits per heavy atom. The summed E-state index contributed by atoms with van der Waals surface area (Å²) in [6, 6.07) is 31.0. The van der Waals surface area contributed by atoms with Crippen molar-refractivity contribution in [2.75, 3.05) is 0 Å². The summed E-state index contributed by atoms with van der Waals surface area (Å²) in [6.07, 6.45) is 0. The number of benzene rings is 4. The molecule has 0 aliphatic carbocycles. The Morgan fingerprint density at radius 3 is 1.36 bits per heavy atom. The summed E-state index contributed by atoms with van der Waals surface area (Å²) in [5.41, 5.74) is 3.00. The maximum absolute atomic E-state index is 10.6. The van der Waals surface area contributed by atoms with Crippen LogP contribution in [0.25, 0.3) is 0 Å². The van der Waals surface area contributed by atoms with Crippen LogP contribution in [0.15, 0.2) is 97.1 Å². The largest absolute Gasteiger partial charge is 0.504 e. The van der Waals surface area contributed by atoms with Gasteiger partial charge in [-0.15, -0.1) is 0 Å². The van der Waals surface area contributed by atoms with Crippen LogP contribution in [0.5, 0.6) is 23.0 Å². The monoisotopic (exact) mass is 366 g/mol. The molecule has 1 heterocycles. The molecule has 0 spiro atoms. The summed E-state index contributed by atoms with van der Waals surface area (Å²) in [5.74, 6) is 0.818. The molecule has 136 valence electrons. The molecule has 1 aliphatic heterocycles. The molecule has 2 N–H and O–H groups in total. The van der Waals surface area contributed by atoms with Gasteiger partial charge in [-0.05, 0) is 23.3 Å². The molecule has 4 aromatic carbocycles. The van der Waals surface area contributed by atoms with Crippen LogP contribution in [-0.2, 0) is 5.41 Å². The van der Waals surface area contributed by atoms with Gasteiger partial charge in [-0.3, -0.25) is 0 Å². The van der Waals surface area contributed by atoms with Crippen molar-refractivity contribution in [3.63, 3.8) is 0 Å². The fourth-order valence-electron chi connectivity index (χ4n) is 4.27. The second kappa shape index (κ2) is 6.17. The lowest BCUT2D eigenvalue weighted by Gasteiger charge is -2.41. The van der Waals surface area contributed by atoms with Gasteiger partial charge in [0.05, 0.1) is 5.41 Å². The highest BCUT2D eigenvalue weighted by Crippen LogP contribution is 2.58. The molecule has 3 heteroatoms. The SMILES string of the molecule is Oc1cccc2c1Oc1c(O)cccc1C2(c1ccccc1)c1ccccc1. The normalized spacial score (nSPS) is 13.9.